The number of nitrogens with zero attached hydrogens (tertiary/aromatic N) is 5. The molecule has 0 amide bonds. The van der Waals surface area contributed by atoms with Crippen molar-refractivity contribution in [1.82, 2.24) is 19.5 Å². The van der Waals surface area contributed by atoms with Crippen molar-refractivity contribution < 1.29 is 8.78 Å². The van der Waals surface area contributed by atoms with Crippen LogP contribution >= 0.6 is 0 Å². The first-order valence-electron chi connectivity index (χ1n) is 5.82. The molecule has 0 N–H and O–H groups in total. The second kappa shape index (κ2) is 3.86. The van der Waals surface area contributed by atoms with E-state index in [4.69, 9.17) is 0 Å². The summed E-state index contributed by atoms with van der Waals surface area (Å²) in [6, 6.07) is 0. The molecule has 1 saturated heterocycles. The number of rotatable bonds is 1. The number of anilines is 1. The molecule has 0 unspecified atom stereocenters. The average molecular weight is 253 g/mol. The Labute approximate surface area is 102 Å². The summed E-state index contributed by atoms with van der Waals surface area (Å²) in [5.74, 6) is -2.30. The number of halogens is 2. The van der Waals surface area contributed by atoms with E-state index in [-0.39, 0.29) is 13.0 Å². The number of aromatic nitrogens is 4. The Morgan fingerprint density at radius 3 is 2.94 bits per heavy atom. The molecule has 7 heteroatoms. The van der Waals surface area contributed by atoms with E-state index in [1.54, 1.807) is 17.1 Å². The van der Waals surface area contributed by atoms with Crippen LogP contribution in [0.15, 0.2) is 12.5 Å². The summed E-state index contributed by atoms with van der Waals surface area (Å²) in [7, 11) is 1.82. The number of alkyl halides is 2. The maximum Gasteiger partial charge on any atom is 0.265 e. The molecule has 1 aliphatic rings. The van der Waals surface area contributed by atoms with E-state index in [0.717, 1.165) is 0 Å². The van der Waals surface area contributed by atoms with Crippen LogP contribution < -0.4 is 4.90 Å². The number of aryl methyl sites for hydroxylation is 1. The highest BCUT2D eigenvalue weighted by Gasteiger charge is 2.36. The predicted octanol–water partition coefficient (Wildman–Crippen LogP) is 1.60. The molecule has 2 aromatic rings. The molecule has 96 valence electrons. The minimum atomic E-state index is -2.65. The van der Waals surface area contributed by atoms with Crippen LogP contribution in [-0.2, 0) is 7.05 Å². The highest BCUT2D eigenvalue weighted by molar-refractivity contribution is 5.70. The average Bonchev–Trinajstić information content (AvgIpc) is 2.69. The third kappa shape index (κ3) is 1.89. The van der Waals surface area contributed by atoms with Gasteiger partial charge in [0, 0.05) is 20.0 Å². The third-order valence-electron chi connectivity index (χ3n) is 3.12. The standard InChI is InChI=1S/C11H13F2N5/c1-17-7-15-8-5-14-10(16-9(8)17)18-4-2-3-11(12,13)6-18/h5,7H,2-4,6H2,1H3. The molecule has 0 aromatic carbocycles. The Balaban J connectivity index is 1.96. The van der Waals surface area contributed by atoms with E-state index in [0.29, 0.717) is 30.1 Å². The number of hydrogen-bond donors (Lipinski definition) is 0. The van der Waals surface area contributed by atoms with Gasteiger partial charge in [-0.1, -0.05) is 0 Å². The van der Waals surface area contributed by atoms with Crippen molar-refractivity contribution in [3.8, 4) is 0 Å². The SMILES string of the molecule is Cn1cnc2cnc(N3CCCC(F)(F)C3)nc21. The van der Waals surface area contributed by atoms with Crippen LogP contribution in [0.25, 0.3) is 11.2 Å². The fourth-order valence-electron chi connectivity index (χ4n) is 2.20. The number of fused-ring (bicyclic) bond motifs is 1. The van der Waals surface area contributed by atoms with Crippen LogP contribution in [0.4, 0.5) is 14.7 Å². The first kappa shape index (κ1) is 11.3. The smallest absolute Gasteiger partial charge is 0.265 e. The molecular weight excluding hydrogens is 240 g/mol. The molecule has 0 aliphatic carbocycles. The van der Waals surface area contributed by atoms with Gasteiger partial charge in [0.1, 0.15) is 5.52 Å². The lowest BCUT2D eigenvalue weighted by atomic mass is 10.1. The number of imidazole rings is 1. The molecule has 0 atom stereocenters. The molecule has 1 aliphatic heterocycles. The van der Waals surface area contributed by atoms with E-state index in [2.05, 4.69) is 15.0 Å². The van der Waals surface area contributed by atoms with Crippen LogP contribution in [0, 0.1) is 0 Å². The molecule has 5 nitrogen and oxygen atoms in total. The van der Waals surface area contributed by atoms with Crippen LogP contribution in [0.1, 0.15) is 12.8 Å². The van der Waals surface area contributed by atoms with Gasteiger partial charge in [0.05, 0.1) is 19.1 Å². The molecular formula is C11H13F2N5. The van der Waals surface area contributed by atoms with E-state index in [1.807, 2.05) is 7.05 Å². The summed E-state index contributed by atoms with van der Waals surface area (Å²) >= 11 is 0. The molecule has 3 heterocycles. The second-order valence-electron chi connectivity index (χ2n) is 4.62. The van der Waals surface area contributed by atoms with Crippen molar-refractivity contribution in [1.29, 1.82) is 0 Å². The van der Waals surface area contributed by atoms with Gasteiger partial charge in [-0.05, 0) is 6.42 Å². The summed E-state index contributed by atoms with van der Waals surface area (Å²) < 4.78 is 28.5. The second-order valence-corrected chi connectivity index (χ2v) is 4.62. The summed E-state index contributed by atoms with van der Waals surface area (Å²) in [5.41, 5.74) is 1.33. The molecule has 0 bridgehead atoms. The van der Waals surface area contributed by atoms with Crippen molar-refractivity contribution in [3.63, 3.8) is 0 Å². The van der Waals surface area contributed by atoms with Crippen molar-refractivity contribution >= 4 is 17.1 Å². The molecule has 0 radical (unpaired) electrons. The molecule has 2 aromatic heterocycles. The van der Waals surface area contributed by atoms with Crippen molar-refractivity contribution in [2.45, 2.75) is 18.8 Å². The van der Waals surface area contributed by atoms with Crippen molar-refractivity contribution in [2.75, 3.05) is 18.0 Å². The largest absolute Gasteiger partial charge is 0.335 e. The zero-order valence-electron chi connectivity index (χ0n) is 9.98. The molecule has 3 rings (SSSR count). The summed E-state index contributed by atoms with van der Waals surface area (Å²) in [6.45, 7) is 0.259. The minimum absolute atomic E-state index is 0.0581. The lowest BCUT2D eigenvalue weighted by Gasteiger charge is -2.32. The monoisotopic (exact) mass is 253 g/mol. The highest BCUT2D eigenvalue weighted by atomic mass is 19.3. The summed E-state index contributed by atoms with van der Waals surface area (Å²) in [5, 5.41) is 0. The summed E-state index contributed by atoms with van der Waals surface area (Å²) in [4.78, 5) is 14.1. The summed E-state index contributed by atoms with van der Waals surface area (Å²) in [6.07, 6.45) is 3.61. The van der Waals surface area contributed by atoms with Gasteiger partial charge in [-0.3, -0.25) is 0 Å². The van der Waals surface area contributed by atoms with Gasteiger partial charge in [0.2, 0.25) is 5.95 Å². The van der Waals surface area contributed by atoms with Gasteiger partial charge in [-0.15, -0.1) is 0 Å². The van der Waals surface area contributed by atoms with Crippen molar-refractivity contribution in [3.05, 3.63) is 12.5 Å². The van der Waals surface area contributed by atoms with Crippen LogP contribution in [0.2, 0.25) is 0 Å². The van der Waals surface area contributed by atoms with Gasteiger partial charge in [-0.2, -0.15) is 4.98 Å². The van der Waals surface area contributed by atoms with Gasteiger partial charge >= 0.3 is 0 Å². The Morgan fingerprint density at radius 2 is 2.17 bits per heavy atom. The quantitative estimate of drug-likeness (QED) is 0.774. The number of hydrogen-bond acceptors (Lipinski definition) is 4. The first-order valence-corrected chi connectivity index (χ1v) is 5.82. The fourth-order valence-corrected chi connectivity index (χ4v) is 2.20. The molecule has 0 spiro atoms. The van der Waals surface area contributed by atoms with Crippen LogP contribution in [-0.4, -0.2) is 38.5 Å². The van der Waals surface area contributed by atoms with Crippen molar-refractivity contribution in [2.24, 2.45) is 7.05 Å². The van der Waals surface area contributed by atoms with Gasteiger partial charge < -0.3 is 9.47 Å². The van der Waals surface area contributed by atoms with E-state index in [9.17, 15) is 8.78 Å². The predicted molar refractivity (Wildman–Crippen MR) is 62.7 cm³/mol. The zero-order valence-corrected chi connectivity index (χ0v) is 9.98. The minimum Gasteiger partial charge on any atom is -0.335 e. The maximum absolute atomic E-state index is 13.4. The maximum atomic E-state index is 13.4. The van der Waals surface area contributed by atoms with Gasteiger partial charge in [0.15, 0.2) is 5.65 Å². The third-order valence-corrected chi connectivity index (χ3v) is 3.12. The normalized spacial score (nSPS) is 19.4. The highest BCUT2D eigenvalue weighted by Crippen LogP contribution is 2.28. The lowest BCUT2D eigenvalue weighted by molar-refractivity contribution is -0.0120. The van der Waals surface area contributed by atoms with Crippen LogP contribution in [0.5, 0.6) is 0 Å². The molecule has 0 saturated carbocycles. The number of piperidine rings is 1. The topological polar surface area (TPSA) is 46.8 Å². The molecule has 1 fully saturated rings. The van der Waals surface area contributed by atoms with Gasteiger partial charge in [0.25, 0.3) is 5.92 Å². The Hall–Kier alpha value is -1.79. The first-order chi connectivity index (χ1) is 8.55. The fraction of sp³-hybridized carbons (Fsp3) is 0.545. The van der Waals surface area contributed by atoms with Gasteiger partial charge in [-0.25, -0.2) is 18.7 Å². The lowest BCUT2D eigenvalue weighted by Crippen LogP contribution is -2.43. The van der Waals surface area contributed by atoms with E-state index < -0.39 is 5.92 Å². The van der Waals surface area contributed by atoms with Crippen LogP contribution in [0.3, 0.4) is 0 Å². The Bertz CT molecular complexity index is 580. The molecule has 18 heavy (non-hydrogen) atoms. The Kier molecular flexibility index (Phi) is 2.42. The van der Waals surface area contributed by atoms with E-state index >= 15 is 0 Å². The Morgan fingerprint density at radius 1 is 1.33 bits per heavy atom. The zero-order chi connectivity index (χ0) is 12.8. The van der Waals surface area contributed by atoms with E-state index in [1.165, 1.54) is 4.90 Å².